The quantitative estimate of drug-likeness (QED) is 0.0911. The standard InChI is InChI=1S/C29H35NO4/c1-4-6-10-14-24-17-20-27(26(22-24)30-3)34-29(32)25-18-15-23(16-19-25)13-11-8-7-9-12-21-33-28(31)5-2/h5,15-20,22H,2,4,6-14,21H2,1H3. The monoisotopic (exact) mass is 461 g/mol. The molecule has 34 heavy (non-hydrogen) atoms. The summed E-state index contributed by atoms with van der Waals surface area (Å²) in [4.78, 5) is 27.1. The molecule has 0 saturated carbocycles. The number of nitrogens with zero attached hydrogens (tertiary/aromatic N) is 1. The minimum atomic E-state index is -0.452. The molecule has 5 nitrogen and oxygen atoms in total. The molecule has 0 aliphatic carbocycles. The van der Waals surface area contributed by atoms with Crippen molar-refractivity contribution >= 4 is 17.6 Å². The summed E-state index contributed by atoms with van der Waals surface area (Å²) in [7, 11) is 0. The molecule has 0 atom stereocenters. The van der Waals surface area contributed by atoms with Crippen LogP contribution in [-0.4, -0.2) is 18.5 Å². The van der Waals surface area contributed by atoms with Crippen molar-refractivity contribution in [3.05, 3.63) is 83.2 Å². The Bertz CT molecular complexity index is 973. The zero-order chi connectivity index (χ0) is 24.6. The second kappa shape index (κ2) is 15.4. The molecule has 0 spiro atoms. The highest BCUT2D eigenvalue weighted by atomic mass is 16.5. The highest BCUT2D eigenvalue weighted by Gasteiger charge is 2.13. The number of unbranched alkanes of at least 4 members (excludes halogenated alkanes) is 6. The van der Waals surface area contributed by atoms with E-state index in [9.17, 15) is 9.59 Å². The smallest absolute Gasteiger partial charge is 0.342 e. The molecule has 0 aromatic heterocycles. The van der Waals surface area contributed by atoms with Gasteiger partial charge < -0.3 is 9.47 Å². The van der Waals surface area contributed by atoms with Gasteiger partial charge in [0.1, 0.15) is 5.75 Å². The second-order valence-electron chi connectivity index (χ2n) is 8.35. The number of hydrogen-bond acceptors (Lipinski definition) is 4. The van der Waals surface area contributed by atoms with Crippen LogP contribution in [0.25, 0.3) is 4.85 Å². The Kier molecular flexibility index (Phi) is 12.2. The summed E-state index contributed by atoms with van der Waals surface area (Å²) in [5.74, 6) is -0.509. The second-order valence-corrected chi connectivity index (χ2v) is 8.35. The summed E-state index contributed by atoms with van der Waals surface area (Å²) >= 11 is 0. The molecule has 0 N–H and O–H groups in total. The van der Waals surface area contributed by atoms with Crippen molar-refractivity contribution in [1.29, 1.82) is 0 Å². The topological polar surface area (TPSA) is 57.0 Å². The van der Waals surface area contributed by atoms with Gasteiger partial charge in [-0.05, 0) is 61.9 Å². The maximum Gasteiger partial charge on any atom is 0.342 e. The van der Waals surface area contributed by atoms with Gasteiger partial charge in [-0.1, -0.05) is 69.4 Å². The molecule has 0 fully saturated rings. The Morgan fingerprint density at radius 1 is 0.912 bits per heavy atom. The lowest BCUT2D eigenvalue weighted by atomic mass is 10.0. The number of rotatable bonds is 15. The molecule has 0 aliphatic heterocycles. The molecular formula is C29H35NO4. The molecule has 5 heteroatoms. The third-order valence-electron chi connectivity index (χ3n) is 5.63. The first-order chi connectivity index (χ1) is 16.6. The summed E-state index contributed by atoms with van der Waals surface area (Å²) in [6, 6.07) is 13.0. The Balaban J connectivity index is 1.76. The average Bonchev–Trinajstić information content (AvgIpc) is 2.86. The molecular weight excluding hydrogens is 426 g/mol. The van der Waals surface area contributed by atoms with E-state index >= 15 is 0 Å². The third kappa shape index (κ3) is 9.62. The van der Waals surface area contributed by atoms with Gasteiger partial charge in [-0.15, -0.1) is 0 Å². The number of ether oxygens (including phenoxy) is 2. The Labute approximate surface area is 203 Å². The first-order valence-corrected chi connectivity index (χ1v) is 12.2. The van der Waals surface area contributed by atoms with Crippen LogP contribution in [0.4, 0.5) is 5.69 Å². The van der Waals surface area contributed by atoms with Crippen LogP contribution in [-0.2, 0) is 22.4 Å². The van der Waals surface area contributed by atoms with E-state index in [0.29, 0.717) is 23.6 Å². The van der Waals surface area contributed by atoms with Crippen molar-refractivity contribution in [2.45, 2.75) is 71.1 Å². The van der Waals surface area contributed by atoms with Crippen LogP contribution in [0.15, 0.2) is 55.1 Å². The number of carbonyl (C=O) groups excluding carboxylic acids is 2. The lowest BCUT2D eigenvalue weighted by Gasteiger charge is -2.09. The average molecular weight is 462 g/mol. The number of esters is 2. The van der Waals surface area contributed by atoms with Crippen LogP contribution >= 0.6 is 0 Å². The highest BCUT2D eigenvalue weighted by molar-refractivity contribution is 5.91. The van der Waals surface area contributed by atoms with E-state index in [1.807, 2.05) is 24.3 Å². The minimum absolute atomic E-state index is 0.308. The van der Waals surface area contributed by atoms with Crippen molar-refractivity contribution in [2.75, 3.05) is 6.61 Å². The first-order valence-electron chi connectivity index (χ1n) is 12.2. The summed E-state index contributed by atoms with van der Waals surface area (Å²) in [5.41, 5.74) is 3.12. The molecule has 2 aromatic carbocycles. The Hall–Kier alpha value is -3.39. The first kappa shape index (κ1) is 26.9. The number of hydrogen-bond donors (Lipinski definition) is 0. The van der Waals surface area contributed by atoms with E-state index in [2.05, 4.69) is 18.3 Å². The maximum atomic E-state index is 12.6. The van der Waals surface area contributed by atoms with Crippen LogP contribution in [0, 0.1) is 6.57 Å². The fourth-order valence-corrected chi connectivity index (χ4v) is 3.63. The lowest BCUT2D eigenvalue weighted by molar-refractivity contribution is -0.137. The van der Waals surface area contributed by atoms with Gasteiger partial charge in [0.2, 0.25) is 5.69 Å². The van der Waals surface area contributed by atoms with Crippen molar-refractivity contribution in [3.63, 3.8) is 0 Å². The molecule has 0 bridgehead atoms. The number of carbonyl (C=O) groups is 2. The predicted molar refractivity (Wildman–Crippen MR) is 135 cm³/mol. The van der Waals surface area contributed by atoms with Crippen LogP contribution in [0.5, 0.6) is 5.75 Å². The predicted octanol–water partition coefficient (Wildman–Crippen LogP) is 7.41. The number of benzene rings is 2. The SMILES string of the molecule is [C-]#[N+]c1cc(CCCCC)ccc1OC(=O)c1ccc(CCCCCCCOC(=O)C=C)cc1. The molecule has 2 aromatic rings. The van der Waals surface area contributed by atoms with E-state index in [1.54, 1.807) is 18.2 Å². The van der Waals surface area contributed by atoms with Gasteiger partial charge >= 0.3 is 11.9 Å². The van der Waals surface area contributed by atoms with Gasteiger partial charge in [-0.3, -0.25) is 0 Å². The Morgan fingerprint density at radius 2 is 1.56 bits per heavy atom. The summed E-state index contributed by atoms with van der Waals surface area (Å²) in [6.45, 7) is 13.4. The summed E-state index contributed by atoms with van der Waals surface area (Å²) in [5, 5.41) is 0. The molecule has 180 valence electrons. The lowest BCUT2D eigenvalue weighted by Crippen LogP contribution is -2.08. The van der Waals surface area contributed by atoms with Gasteiger partial charge in [-0.2, -0.15) is 0 Å². The van der Waals surface area contributed by atoms with Crippen LogP contribution in [0.3, 0.4) is 0 Å². The van der Waals surface area contributed by atoms with Crippen molar-refractivity contribution < 1.29 is 19.1 Å². The minimum Gasteiger partial charge on any atom is -0.463 e. The highest BCUT2D eigenvalue weighted by Crippen LogP contribution is 2.30. The van der Waals surface area contributed by atoms with Crippen molar-refractivity contribution in [2.24, 2.45) is 0 Å². The molecule has 0 radical (unpaired) electrons. The van der Waals surface area contributed by atoms with Gasteiger partial charge in [-0.25, -0.2) is 14.4 Å². The van der Waals surface area contributed by atoms with Crippen LogP contribution < -0.4 is 4.74 Å². The van der Waals surface area contributed by atoms with Gasteiger partial charge in [0.05, 0.1) is 18.7 Å². The van der Waals surface area contributed by atoms with E-state index in [4.69, 9.17) is 16.0 Å². The van der Waals surface area contributed by atoms with E-state index < -0.39 is 5.97 Å². The molecule has 2 rings (SSSR count). The van der Waals surface area contributed by atoms with Gasteiger partial charge in [0.15, 0.2) is 0 Å². The molecule has 0 heterocycles. The largest absolute Gasteiger partial charge is 0.463 e. The van der Waals surface area contributed by atoms with E-state index in [-0.39, 0.29) is 5.97 Å². The zero-order valence-corrected chi connectivity index (χ0v) is 20.2. The Morgan fingerprint density at radius 3 is 2.26 bits per heavy atom. The van der Waals surface area contributed by atoms with Gasteiger partial charge in [0.25, 0.3) is 0 Å². The fourth-order valence-electron chi connectivity index (χ4n) is 3.63. The fraction of sp³-hybridized carbons (Fsp3) is 0.414. The van der Waals surface area contributed by atoms with Gasteiger partial charge in [0, 0.05) is 6.08 Å². The number of aryl methyl sites for hydroxylation is 2. The molecule has 0 aliphatic rings. The zero-order valence-electron chi connectivity index (χ0n) is 20.2. The van der Waals surface area contributed by atoms with Crippen LogP contribution in [0.2, 0.25) is 0 Å². The normalized spacial score (nSPS) is 10.4. The molecule has 0 unspecified atom stereocenters. The summed E-state index contributed by atoms with van der Waals surface area (Å²) in [6.07, 6.45) is 11.6. The van der Waals surface area contributed by atoms with Crippen LogP contribution in [0.1, 0.15) is 79.8 Å². The maximum absolute atomic E-state index is 12.6. The van der Waals surface area contributed by atoms with Crippen molar-refractivity contribution in [1.82, 2.24) is 0 Å². The van der Waals surface area contributed by atoms with E-state index in [1.165, 1.54) is 11.6 Å². The van der Waals surface area contributed by atoms with E-state index in [0.717, 1.165) is 69.8 Å². The van der Waals surface area contributed by atoms with Crippen molar-refractivity contribution in [3.8, 4) is 5.75 Å². The third-order valence-corrected chi connectivity index (χ3v) is 5.63. The summed E-state index contributed by atoms with van der Waals surface area (Å²) < 4.78 is 10.5. The molecule has 0 saturated heterocycles. The molecule has 0 amide bonds.